The highest BCUT2D eigenvalue weighted by Crippen LogP contribution is 1.99. The molecule has 3 N–H and O–H groups in total. The average molecular weight is 252 g/mol. The fourth-order valence-corrected chi connectivity index (χ4v) is 1.13. The molecule has 1 atom stereocenters. The van der Waals surface area contributed by atoms with Crippen LogP contribution in [-0.2, 0) is 9.59 Å². The summed E-state index contributed by atoms with van der Waals surface area (Å²) >= 11 is 0. The summed E-state index contributed by atoms with van der Waals surface area (Å²) in [7, 11) is 0. The van der Waals surface area contributed by atoms with Gasteiger partial charge in [0, 0.05) is 18.8 Å². The van der Waals surface area contributed by atoms with E-state index in [0.717, 1.165) is 6.42 Å². The normalized spacial score (nSPS) is 12.4. The molecule has 1 unspecified atom stereocenters. The largest absolute Gasteiger partial charge is 0.349 e. The van der Waals surface area contributed by atoms with Gasteiger partial charge in [-0.2, -0.15) is 5.26 Å². The second kappa shape index (κ2) is 9.19. The Morgan fingerprint density at radius 2 is 2.28 bits per heavy atom. The van der Waals surface area contributed by atoms with Gasteiger partial charge in [0.15, 0.2) is 0 Å². The molecular weight excluding hydrogens is 232 g/mol. The quantitative estimate of drug-likeness (QED) is 0.364. The van der Waals surface area contributed by atoms with Gasteiger partial charge in [0.05, 0.1) is 0 Å². The van der Waals surface area contributed by atoms with Gasteiger partial charge in [-0.3, -0.25) is 9.59 Å². The van der Waals surface area contributed by atoms with Gasteiger partial charge in [-0.25, -0.2) is 0 Å². The highest BCUT2D eigenvalue weighted by atomic mass is 16.2. The average Bonchev–Trinajstić information content (AvgIpc) is 2.38. The number of nitrogens with one attached hydrogen (secondary N) is 1. The number of hydrogen-bond donors (Lipinski definition) is 2. The minimum atomic E-state index is -0.466. The van der Waals surface area contributed by atoms with E-state index in [4.69, 9.17) is 11.0 Å². The standard InChI is InChI=1S/C12H20N4O2/c1-3-10(2)15-12(18)11(7-14)8-16(9-17)6-4-5-13/h8-10H,3-6,13H2,1-2H3,(H,15,18)/b11-8-. The van der Waals surface area contributed by atoms with E-state index in [9.17, 15) is 9.59 Å². The second-order valence-corrected chi connectivity index (χ2v) is 3.92. The fraction of sp³-hybridized carbons (Fsp3) is 0.583. The van der Waals surface area contributed by atoms with E-state index < -0.39 is 5.91 Å². The molecule has 0 bridgehead atoms. The van der Waals surface area contributed by atoms with Crippen molar-refractivity contribution in [3.05, 3.63) is 11.8 Å². The number of carbonyl (C=O) groups excluding carboxylic acids is 2. The van der Waals surface area contributed by atoms with Crippen LogP contribution in [0, 0.1) is 11.3 Å². The lowest BCUT2D eigenvalue weighted by atomic mass is 10.2. The second-order valence-electron chi connectivity index (χ2n) is 3.92. The first-order chi connectivity index (χ1) is 8.58. The molecule has 0 heterocycles. The summed E-state index contributed by atoms with van der Waals surface area (Å²) in [6.07, 6.45) is 3.21. The van der Waals surface area contributed by atoms with Gasteiger partial charge >= 0.3 is 0 Å². The Hall–Kier alpha value is -1.87. The van der Waals surface area contributed by atoms with E-state index >= 15 is 0 Å². The van der Waals surface area contributed by atoms with Crippen LogP contribution < -0.4 is 11.1 Å². The van der Waals surface area contributed by atoms with Crippen molar-refractivity contribution in [2.24, 2.45) is 5.73 Å². The summed E-state index contributed by atoms with van der Waals surface area (Å²) in [5.41, 5.74) is 5.25. The Bertz CT molecular complexity index is 346. The summed E-state index contributed by atoms with van der Waals surface area (Å²) in [4.78, 5) is 23.7. The highest BCUT2D eigenvalue weighted by molar-refractivity contribution is 5.97. The third-order valence-electron chi connectivity index (χ3n) is 2.41. The lowest BCUT2D eigenvalue weighted by Crippen LogP contribution is -2.33. The number of carbonyl (C=O) groups is 2. The van der Waals surface area contributed by atoms with Crippen molar-refractivity contribution in [1.29, 1.82) is 5.26 Å². The van der Waals surface area contributed by atoms with Crippen LogP contribution in [-0.4, -0.2) is 36.3 Å². The van der Waals surface area contributed by atoms with E-state index in [-0.39, 0.29) is 11.6 Å². The zero-order chi connectivity index (χ0) is 14.0. The maximum Gasteiger partial charge on any atom is 0.263 e. The Labute approximate surface area is 107 Å². The van der Waals surface area contributed by atoms with E-state index in [1.165, 1.54) is 11.1 Å². The molecule has 6 nitrogen and oxygen atoms in total. The van der Waals surface area contributed by atoms with Gasteiger partial charge < -0.3 is 16.0 Å². The SMILES string of the molecule is CCC(C)NC(=O)/C(C#N)=C\N(C=O)CCCN. The monoisotopic (exact) mass is 252 g/mol. The molecular formula is C12H20N4O2. The van der Waals surface area contributed by atoms with Crippen molar-refractivity contribution in [1.82, 2.24) is 10.2 Å². The first kappa shape index (κ1) is 16.1. The minimum absolute atomic E-state index is 0.0111. The van der Waals surface area contributed by atoms with Crippen LogP contribution in [0.5, 0.6) is 0 Å². The van der Waals surface area contributed by atoms with E-state index in [1.807, 2.05) is 13.8 Å². The van der Waals surface area contributed by atoms with Crippen LogP contribution in [0.3, 0.4) is 0 Å². The lowest BCUT2D eigenvalue weighted by molar-refractivity contribution is -0.117. The fourth-order valence-electron chi connectivity index (χ4n) is 1.13. The van der Waals surface area contributed by atoms with Crippen LogP contribution in [0.15, 0.2) is 11.8 Å². The molecule has 0 saturated carbocycles. The molecule has 0 saturated heterocycles. The number of nitrogens with zero attached hydrogens (tertiary/aromatic N) is 2. The molecule has 6 heteroatoms. The molecule has 0 aromatic carbocycles. The molecule has 100 valence electrons. The van der Waals surface area contributed by atoms with E-state index in [0.29, 0.717) is 25.9 Å². The van der Waals surface area contributed by atoms with Gasteiger partial charge in [-0.1, -0.05) is 6.92 Å². The van der Waals surface area contributed by atoms with Crippen LogP contribution in [0.4, 0.5) is 0 Å². The Balaban J connectivity index is 4.67. The van der Waals surface area contributed by atoms with Gasteiger partial charge in [-0.05, 0) is 26.3 Å². The summed E-state index contributed by atoms with van der Waals surface area (Å²) < 4.78 is 0. The summed E-state index contributed by atoms with van der Waals surface area (Å²) in [6, 6.07) is 1.78. The Morgan fingerprint density at radius 1 is 1.61 bits per heavy atom. The van der Waals surface area contributed by atoms with Gasteiger partial charge in [0.1, 0.15) is 11.6 Å². The number of nitrogens with two attached hydrogens (primary N) is 1. The third kappa shape index (κ3) is 6.01. The predicted octanol–water partition coefficient (Wildman–Crippen LogP) is 0.116. The van der Waals surface area contributed by atoms with Crippen molar-refractivity contribution in [2.75, 3.05) is 13.1 Å². The van der Waals surface area contributed by atoms with Gasteiger partial charge in [-0.15, -0.1) is 0 Å². The third-order valence-corrected chi connectivity index (χ3v) is 2.41. The molecule has 0 aromatic rings. The number of amides is 2. The van der Waals surface area contributed by atoms with Crippen LogP contribution in [0.25, 0.3) is 0 Å². The topological polar surface area (TPSA) is 99.2 Å². The van der Waals surface area contributed by atoms with Crippen LogP contribution in [0.2, 0.25) is 0 Å². The highest BCUT2D eigenvalue weighted by Gasteiger charge is 2.12. The van der Waals surface area contributed by atoms with Crippen molar-refractivity contribution in [2.45, 2.75) is 32.7 Å². The molecule has 0 rings (SSSR count). The zero-order valence-corrected chi connectivity index (χ0v) is 10.8. The minimum Gasteiger partial charge on any atom is -0.349 e. The van der Waals surface area contributed by atoms with E-state index in [2.05, 4.69) is 5.32 Å². The molecule has 0 radical (unpaired) electrons. The molecule has 0 aliphatic rings. The van der Waals surface area contributed by atoms with Crippen molar-refractivity contribution in [3.63, 3.8) is 0 Å². The number of rotatable bonds is 8. The van der Waals surface area contributed by atoms with Gasteiger partial charge in [0.25, 0.3) is 5.91 Å². The van der Waals surface area contributed by atoms with Crippen molar-refractivity contribution < 1.29 is 9.59 Å². The molecule has 0 aromatic heterocycles. The molecule has 2 amide bonds. The maximum absolute atomic E-state index is 11.7. The summed E-state index contributed by atoms with van der Waals surface area (Å²) in [5.74, 6) is -0.466. The number of hydrogen-bond acceptors (Lipinski definition) is 4. The Kier molecular flexibility index (Phi) is 8.24. The van der Waals surface area contributed by atoms with Crippen LogP contribution in [0.1, 0.15) is 26.7 Å². The molecule has 18 heavy (non-hydrogen) atoms. The molecule has 0 aliphatic heterocycles. The Morgan fingerprint density at radius 3 is 2.72 bits per heavy atom. The zero-order valence-electron chi connectivity index (χ0n) is 10.8. The predicted molar refractivity (Wildman–Crippen MR) is 68.0 cm³/mol. The van der Waals surface area contributed by atoms with E-state index in [1.54, 1.807) is 6.07 Å². The first-order valence-corrected chi connectivity index (χ1v) is 5.92. The number of nitriles is 1. The maximum atomic E-state index is 11.7. The van der Waals surface area contributed by atoms with Gasteiger partial charge in [0.2, 0.25) is 6.41 Å². The molecule has 0 spiro atoms. The smallest absolute Gasteiger partial charge is 0.263 e. The van der Waals surface area contributed by atoms with Crippen molar-refractivity contribution >= 4 is 12.3 Å². The summed E-state index contributed by atoms with van der Waals surface area (Å²) in [6.45, 7) is 4.61. The summed E-state index contributed by atoms with van der Waals surface area (Å²) in [5, 5.41) is 11.6. The first-order valence-electron chi connectivity index (χ1n) is 5.92. The molecule has 0 fully saturated rings. The van der Waals surface area contributed by atoms with Crippen molar-refractivity contribution in [3.8, 4) is 6.07 Å². The molecule has 0 aliphatic carbocycles. The lowest BCUT2D eigenvalue weighted by Gasteiger charge is -2.14. The van der Waals surface area contributed by atoms with Crippen LogP contribution >= 0.6 is 0 Å².